The normalized spacial score (nSPS) is 20.7. The highest BCUT2D eigenvalue weighted by atomic mass is 16.5. The zero-order valence-electron chi connectivity index (χ0n) is 23.4. The third-order valence-corrected chi connectivity index (χ3v) is 6.77. The molecule has 12 nitrogen and oxygen atoms in total. The van der Waals surface area contributed by atoms with E-state index in [2.05, 4.69) is 31.4 Å². The van der Waals surface area contributed by atoms with Crippen molar-refractivity contribution in [3.8, 4) is 0 Å². The number of carbonyl (C=O) groups excluding carboxylic acids is 4. The molecule has 4 N–H and O–H groups in total. The van der Waals surface area contributed by atoms with E-state index in [1.807, 2.05) is 44.2 Å². The third kappa shape index (κ3) is 8.26. The Hall–Kier alpha value is -4.48. The van der Waals surface area contributed by atoms with E-state index in [1.54, 1.807) is 13.0 Å². The van der Waals surface area contributed by atoms with E-state index < -0.39 is 41.8 Å². The average molecular weight is 565 g/mol. The Morgan fingerprint density at radius 1 is 1.10 bits per heavy atom. The molecule has 3 heterocycles. The van der Waals surface area contributed by atoms with Crippen LogP contribution >= 0.6 is 0 Å². The molecule has 12 heteroatoms. The molecular formula is C29H36N6O6. The number of rotatable bonds is 6. The molecule has 0 fully saturated rings. The summed E-state index contributed by atoms with van der Waals surface area (Å²) in [6, 6.07) is 8.65. The second kappa shape index (κ2) is 13.7. The second-order valence-electron chi connectivity index (χ2n) is 10.5. The molecule has 0 saturated carbocycles. The van der Waals surface area contributed by atoms with E-state index in [-0.39, 0.29) is 23.9 Å². The molecule has 0 radical (unpaired) electrons. The van der Waals surface area contributed by atoms with Crippen molar-refractivity contribution in [2.75, 3.05) is 6.54 Å². The van der Waals surface area contributed by atoms with Crippen molar-refractivity contribution in [1.82, 2.24) is 31.4 Å². The molecule has 0 saturated heterocycles. The number of carbonyl (C=O) groups is 4. The lowest BCUT2D eigenvalue weighted by molar-refractivity contribution is -0.133. The predicted octanol–water partition coefficient (Wildman–Crippen LogP) is 2.15. The fourth-order valence-corrected chi connectivity index (χ4v) is 4.59. The molecule has 4 rings (SSSR count). The van der Waals surface area contributed by atoms with Crippen molar-refractivity contribution in [1.29, 1.82) is 0 Å². The number of benzene rings is 1. The number of aryl methyl sites for hydroxylation is 1. The van der Waals surface area contributed by atoms with E-state index in [0.29, 0.717) is 43.7 Å². The first-order chi connectivity index (χ1) is 19.7. The molecule has 3 aromatic rings. The molecule has 1 aliphatic rings. The largest absolute Gasteiger partial charge is 0.446 e. The molecule has 0 spiro atoms. The fourth-order valence-electron chi connectivity index (χ4n) is 4.59. The van der Waals surface area contributed by atoms with E-state index in [9.17, 15) is 19.2 Å². The lowest BCUT2D eigenvalue weighted by atomic mass is 10.00. The summed E-state index contributed by atoms with van der Waals surface area (Å²) in [5.74, 6) is -1.43. The molecule has 0 aliphatic carbocycles. The van der Waals surface area contributed by atoms with E-state index in [0.717, 1.165) is 5.56 Å². The van der Waals surface area contributed by atoms with Crippen LogP contribution in [0.5, 0.6) is 0 Å². The Kier molecular flexibility index (Phi) is 9.88. The average Bonchev–Trinajstić information content (AvgIpc) is 3.59. The summed E-state index contributed by atoms with van der Waals surface area (Å²) in [5.41, 5.74) is 1.68. The monoisotopic (exact) mass is 564 g/mol. The zero-order valence-corrected chi connectivity index (χ0v) is 23.4. The summed E-state index contributed by atoms with van der Waals surface area (Å²) >= 11 is 0. The van der Waals surface area contributed by atoms with Gasteiger partial charge in [0.1, 0.15) is 30.1 Å². The van der Waals surface area contributed by atoms with Crippen LogP contribution in [0.15, 0.2) is 51.6 Å². The van der Waals surface area contributed by atoms with Gasteiger partial charge in [-0.25, -0.2) is 4.98 Å². The van der Waals surface area contributed by atoms with Gasteiger partial charge in [0.2, 0.25) is 23.6 Å². The maximum Gasteiger partial charge on any atom is 0.273 e. The highest BCUT2D eigenvalue weighted by Crippen LogP contribution is 2.20. The quantitative estimate of drug-likeness (QED) is 0.353. The van der Waals surface area contributed by atoms with Gasteiger partial charge in [-0.05, 0) is 37.7 Å². The van der Waals surface area contributed by atoms with Crippen LogP contribution in [-0.4, -0.2) is 52.4 Å². The smallest absolute Gasteiger partial charge is 0.273 e. The topological polar surface area (TPSA) is 168 Å². The Bertz CT molecular complexity index is 1350. The van der Waals surface area contributed by atoms with E-state index in [4.69, 9.17) is 8.94 Å². The molecule has 4 amide bonds. The lowest BCUT2D eigenvalue weighted by Gasteiger charge is -2.27. The number of hydrogen-bond acceptors (Lipinski definition) is 8. The van der Waals surface area contributed by atoms with Gasteiger partial charge >= 0.3 is 0 Å². The summed E-state index contributed by atoms with van der Waals surface area (Å²) in [4.78, 5) is 56.8. The van der Waals surface area contributed by atoms with Crippen LogP contribution in [-0.2, 0) is 27.2 Å². The number of fused-ring (bicyclic) bond motifs is 2. The van der Waals surface area contributed by atoms with Crippen molar-refractivity contribution >= 4 is 23.6 Å². The van der Waals surface area contributed by atoms with Crippen LogP contribution in [0.4, 0.5) is 0 Å². The zero-order chi connectivity index (χ0) is 29.4. The van der Waals surface area contributed by atoms with Crippen molar-refractivity contribution in [2.45, 2.75) is 71.0 Å². The third-order valence-electron chi connectivity index (χ3n) is 6.77. The maximum atomic E-state index is 13.6. The van der Waals surface area contributed by atoms with Crippen LogP contribution in [0.1, 0.15) is 72.5 Å². The lowest BCUT2D eigenvalue weighted by Crippen LogP contribution is -2.56. The highest BCUT2D eigenvalue weighted by Gasteiger charge is 2.32. The van der Waals surface area contributed by atoms with Crippen LogP contribution in [0, 0.1) is 12.8 Å². The summed E-state index contributed by atoms with van der Waals surface area (Å²) in [7, 11) is 0. The molecule has 3 atom stereocenters. The molecule has 1 aromatic carbocycles. The Morgan fingerprint density at radius 2 is 1.88 bits per heavy atom. The van der Waals surface area contributed by atoms with E-state index >= 15 is 0 Å². The number of oxazole rings is 1. The number of hydrogen-bond donors (Lipinski definition) is 4. The SMILES string of the molecule is Cc1cc(CC(=O)N[C@H]2CCCCNC(=O)c3coc(n3)[C@@H](Cc3ccccc3)NC(=O)[C@H](C(C)C)NC2=O)on1. The number of nitrogens with one attached hydrogen (secondary N) is 4. The van der Waals surface area contributed by atoms with Gasteiger partial charge in [0, 0.05) is 19.0 Å². The van der Waals surface area contributed by atoms with Crippen molar-refractivity contribution < 1.29 is 28.1 Å². The molecule has 0 unspecified atom stereocenters. The molecule has 218 valence electrons. The van der Waals surface area contributed by atoms with Crippen LogP contribution in [0.3, 0.4) is 0 Å². The molecule has 41 heavy (non-hydrogen) atoms. The summed E-state index contributed by atoms with van der Waals surface area (Å²) in [5, 5.41) is 15.2. The minimum absolute atomic E-state index is 0.0762. The van der Waals surface area contributed by atoms with Crippen LogP contribution in [0.25, 0.3) is 0 Å². The molecule has 2 aromatic heterocycles. The summed E-state index contributed by atoms with van der Waals surface area (Å²) in [6.45, 7) is 5.74. The first-order valence-electron chi connectivity index (χ1n) is 13.8. The van der Waals surface area contributed by atoms with Gasteiger partial charge in [-0.2, -0.15) is 0 Å². The second-order valence-corrected chi connectivity index (χ2v) is 10.5. The van der Waals surface area contributed by atoms with Crippen LogP contribution < -0.4 is 21.3 Å². The van der Waals surface area contributed by atoms with Gasteiger partial charge in [-0.15, -0.1) is 0 Å². The Labute approximate surface area is 238 Å². The first-order valence-corrected chi connectivity index (χ1v) is 13.8. The fraction of sp³-hybridized carbons (Fsp3) is 0.448. The Balaban J connectivity index is 1.56. The summed E-state index contributed by atoms with van der Waals surface area (Å²) in [6.07, 6.45) is 2.94. The maximum absolute atomic E-state index is 13.6. The standard InChI is InChI=1S/C29H36N6O6/c1-17(2)25-28(39)32-22(14-19-9-5-4-6-10-19)29-33-23(16-40-29)26(37)30-12-8-7-11-21(27(38)34-25)31-24(36)15-20-13-18(3)35-41-20/h4-6,9-10,13,16-17,21-22,25H,7-8,11-12,14-15H2,1-3H3,(H,30,37)(H,31,36)(H,32,39)(H,34,38)/t21-,22+,25-/m0/s1. The first kappa shape index (κ1) is 29.5. The Morgan fingerprint density at radius 3 is 2.59 bits per heavy atom. The highest BCUT2D eigenvalue weighted by molar-refractivity contribution is 5.93. The molecular weight excluding hydrogens is 528 g/mol. The van der Waals surface area contributed by atoms with Gasteiger partial charge < -0.3 is 30.2 Å². The molecule has 1 aliphatic heterocycles. The predicted molar refractivity (Wildman–Crippen MR) is 147 cm³/mol. The van der Waals surface area contributed by atoms with Gasteiger partial charge in [0.25, 0.3) is 5.91 Å². The van der Waals surface area contributed by atoms with Gasteiger partial charge in [0.05, 0.1) is 12.1 Å². The van der Waals surface area contributed by atoms with Gasteiger partial charge in [-0.1, -0.05) is 49.3 Å². The summed E-state index contributed by atoms with van der Waals surface area (Å²) < 4.78 is 10.8. The van der Waals surface area contributed by atoms with Gasteiger partial charge in [-0.3, -0.25) is 19.2 Å². The minimum Gasteiger partial charge on any atom is -0.446 e. The van der Waals surface area contributed by atoms with Crippen molar-refractivity contribution in [3.05, 3.63) is 71.3 Å². The van der Waals surface area contributed by atoms with Crippen molar-refractivity contribution in [2.24, 2.45) is 5.92 Å². The molecule has 2 bridgehead atoms. The number of amides is 4. The minimum atomic E-state index is -0.900. The van der Waals surface area contributed by atoms with E-state index in [1.165, 1.54) is 6.26 Å². The van der Waals surface area contributed by atoms with Crippen LogP contribution in [0.2, 0.25) is 0 Å². The van der Waals surface area contributed by atoms with Crippen molar-refractivity contribution in [3.63, 3.8) is 0 Å². The number of aromatic nitrogens is 2. The number of nitrogens with zero attached hydrogens (tertiary/aromatic N) is 2. The van der Waals surface area contributed by atoms with Gasteiger partial charge in [0.15, 0.2) is 5.69 Å².